The van der Waals surface area contributed by atoms with Gasteiger partial charge in [0.05, 0.1) is 17.1 Å². The summed E-state index contributed by atoms with van der Waals surface area (Å²) in [5, 5.41) is 0. The van der Waals surface area contributed by atoms with Crippen molar-refractivity contribution >= 4 is 23.1 Å². The van der Waals surface area contributed by atoms with E-state index in [1.165, 1.54) is 0 Å². The first kappa shape index (κ1) is 14.9. The molecule has 1 saturated heterocycles. The molecule has 0 aromatic heterocycles. The highest BCUT2D eigenvalue weighted by Crippen LogP contribution is 2.24. The maximum Gasteiger partial charge on any atom is 0.237 e. The van der Waals surface area contributed by atoms with E-state index in [4.69, 9.17) is 22.7 Å². The van der Waals surface area contributed by atoms with Gasteiger partial charge in [0, 0.05) is 13.7 Å². The summed E-state index contributed by atoms with van der Waals surface area (Å²) in [7, 11) is 1.80. The lowest BCUT2D eigenvalue weighted by atomic mass is 9.96. The zero-order chi connectivity index (χ0) is 14.7. The Morgan fingerprint density at radius 2 is 2.10 bits per heavy atom. The largest absolute Gasteiger partial charge is 0.392 e. The third kappa shape index (κ3) is 2.99. The quantitative estimate of drug-likeness (QED) is 0.858. The van der Waals surface area contributed by atoms with Crippen molar-refractivity contribution in [1.29, 1.82) is 0 Å². The maximum atomic E-state index is 12.7. The molecule has 1 aromatic carbocycles. The van der Waals surface area contributed by atoms with Crippen LogP contribution < -0.4 is 5.73 Å². The number of likely N-dealkylation sites (N-methyl/N-ethyl adjacent to an activating group) is 1. The highest BCUT2D eigenvalue weighted by atomic mass is 32.1. The summed E-state index contributed by atoms with van der Waals surface area (Å²) >= 11 is 5.10. The minimum absolute atomic E-state index is 0.0479. The Balaban J connectivity index is 2.21. The number of thiocarbonyl (C=S) groups is 1. The van der Waals surface area contributed by atoms with Gasteiger partial charge in [0.15, 0.2) is 0 Å². The van der Waals surface area contributed by atoms with Gasteiger partial charge in [0.2, 0.25) is 5.91 Å². The van der Waals surface area contributed by atoms with Crippen molar-refractivity contribution in [2.45, 2.75) is 31.4 Å². The molecule has 0 spiro atoms. The number of rotatable bonds is 4. The summed E-state index contributed by atoms with van der Waals surface area (Å²) in [6.07, 6.45) is 0.897. The van der Waals surface area contributed by atoms with E-state index in [1.54, 1.807) is 11.9 Å². The molecule has 1 fully saturated rings. The second-order valence-corrected chi connectivity index (χ2v) is 5.60. The predicted molar refractivity (Wildman–Crippen MR) is 82.6 cm³/mol. The van der Waals surface area contributed by atoms with Gasteiger partial charge >= 0.3 is 0 Å². The topological polar surface area (TPSA) is 55.6 Å². The molecule has 1 amide bonds. The first-order chi connectivity index (χ1) is 9.52. The van der Waals surface area contributed by atoms with Gasteiger partial charge in [-0.1, -0.05) is 42.5 Å². The van der Waals surface area contributed by atoms with Gasteiger partial charge in [-0.2, -0.15) is 0 Å². The summed E-state index contributed by atoms with van der Waals surface area (Å²) in [4.78, 5) is 14.7. The zero-order valence-electron chi connectivity index (χ0n) is 11.8. The van der Waals surface area contributed by atoms with Crippen molar-refractivity contribution in [3.63, 3.8) is 0 Å². The van der Waals surface area contributed by atoms with Crippen LogP contribution in [0.3, 0.4) is 0 Å². The number of carbonyl (C=O) groups excluding carboxylic acids is 1. The summed E-state index contributed by atoms with van der Waals surface area (Å²) in [6, 6.07) is 9.52. The highest BCUT2D eigenvalue weighted by Gasteiger charge is 2.35. The Kier molecular flexibility index (Phi) is 4.73. The Bertz CT molecular complexity index is 492. The normalized spacial score (nSPS) is 23.3. The SMILES string of the molecule is CC1OCCC1N(C)C(=O)C(C(N)=S)c1ccccc1. The van der Waals surface area contributed by atoms with E-state index < -0.39 is 5.92 Å². The first-order valence-corrected chi connectivity index (χ1v) is 7.15. The lowest BCUT2D eigenvalue weighted by Gasteiger charge is -2.30. The van der Waals surface area contributed by atoms with Crippen LogP contribution in [0, 0.1) is 0 Å². The van der Waals surface area contributed by atoms with Crippen molar-refractivity contribution < 1.29 is 9.53 Å². The molecule has 3 atom stereocenters. The number of nitrogens with zero attached hydrogens (tertiary/aromatic N) is 1. The minimum Gasteiger partial charge on any atom is -0.392 e. The Hall–Kier alpha value is -1.46. The summed E-state index contributed by atoms with van der Waals surface area (Å²) in [6.45, 7) is 2.67. The molecular weight excluding hydrogens is 272 g/mol. The molecule has 0 bridgehead atoms. The molecule has 108 valence electrons. The fourth-order valence-corrected chi connectivity index (χ4v) is 2.91. The average molecular weight is 292 g/mol. The van der Waals surface area contributed by atoms with E-state index in [1.807, 2.05) is 37.3 Å². The summed E-state index contributed by atoms with van der Waals surface area (Å²) in [5.74, 6) is -0.630. The lowest BCUT2D eigenvalue weighted by molar-refractivity contribution is -0.132. The second kappa shape index (κ2) is 6.33. The number of nitrogens with two attached hydrogens (primary N) is 1. The van der Waals surface area contributed by atoms with Crippen molar-refractivity contribution in [3.8, 4) is 0 Å². The molecule has 1 aromatic rings. The molecule has 1 heterocycles. The van der Waals surface area contributed by atoms with E-state index >= 15 is 0 Å². The third-order valence-corrected chi connectivity index (χ3v) is 4.08. The van der Waals surface area contributed by atoms with E-state index in [9.17, 15) is 4.79 Å². The van der Waals surface area contributed by atoms with Crippen molar-refractivity contribution in [3.05, 3.63) is 35.9 Å². The smallest absolute Gasteiger partial charge is 0.237 e. The molecule has 2 rings (SSSR count). The summed E-state index contributed by atoms with van der Waals surface area (Å²) in [5.41, 5.74) is 6.63. The fraction of sp³-hybridized carbons (Fsp3) is 0.467. The van der Waals surface area contributed by atoms with Crippen LogP contribution in [0.25, 0.3) is 0 Å². The molecule has 1 aliphatic heterocycles. The first-order valence-electron chi connectivity index (χ1n) is 6.75. The zero-order valence-corrected chi connectivity index (χ0v) is 12.6. The fourth-order valence-electron chi connectivity index (χ4n) is 2.67. The number of hydrogen-bond donors (Lipinski definition) is 1. The molecule has 1 aliphatic rings. The van der Waals surface area contributed by atoms with Gasteiger partial charge in [-0.25, -0.2) is 0 Å². The molecule has 4 nitrogen and oxygen atoms in total. The number of hydrogen-bond acceptors (Lipinski definition) is 3. The average Bonchev–Trinajstić information content (AvgIpc) is 2.85. The minimum atomic E-state index is -0.566. The highest BCUT2D eigenvalue weighted by molar-refractivity contribution is 7.80. The van der Waals surface area contributed by atoms with Gasteiger partial charge in [0.25, 0.3) is 0 Å². The van der Waals surface area contributed by atoms with Crippen molar-refractivity contribution in [1.82, 2.24) is 4.90 Å². The number of carbonyl (C=O) groups is 1. The number of amides is 1. The van der Waals surface area contributed by atoms with Gasteiger partial charge in [0.1, 0.15) is 5.92 Å². The lowest BCUT2D eigenvalue weighted by Crippen LogP contribution is -2.45. The van der Waals surface area contributed by atoms with Gasteiger partial charge in [-0.3, -0.25) is 4.79 Å². The van der Waals surface area contributed by atoms with Crippen molar-refractivity contribution in [2.75, 3.05) is 13.7 Å². The Morgan fingerprint density at radius 3 is 2.60 bits per heavy atom. The van der Waals surface area contributed by atoms with Crippen LogP contribution >= 0.6 is 12.2 Å². The number of benzene rings is 1. The van der Waals surface area contributed by atoms with Crippen LogP contribution in [0.1, 0.15) is 24.8 Å². The Morgan fingerprint density at radius 1 is 1.45 bits per heavy atom. The molecule has 0 saturated carbocycles. The molecular formula is C15H20N2O2S. The second-order valence-electron chi connectivity index (χ2n) is 5.13. The number of ether oxygens (including phenoxy) is 1. The molecule has 0 aliphatic carbocycles. The maximum absolute atomic E-state index is 12.7. The van der Waals surface area contributed by atoms with Crippen LogP contribution in [-0.2, 0) is 9.53 Å². The molecule has 0 radical (unpaired) electrons. The standard InChI is InChI=1S/C15H20N2O2S/c1-10-12(8-9-19-10)17(2)15(18)13(14(16)20)11-6-4-3-5-7-11/h3-7,10,12-13H,8-9H2,1-2H3,(H2,16,20). The Labute approximate surface area is 124 Å². The van der Waals surface area contributed by atoms with Crippen LogP contribution in [-0.4, -0.2) is 41.6 Å². The monoisotopic (exact) mass is 292 g/mol. The van der Waals surface area contributed by atoms with Crippen molar-refractivity contribution in [2.24, 2.45) is 5.73 Å². The van der Waals surface area contributed by atoms with E-state index in [-0.39, 0.29) is 23.0 Å². The summed E-state index contributed by atoms with van der Waals surface area (Å²) < 4.78 is 5.52. The molecule has 2 N–H and O–H groups in total. The van der Waals surface area contributed by atoms with Crippen LogP contribution in [0.5, 0.6) is 0 Å². The molecule has 5 heteroatoms. The van der Waals surface area contributed by atoms with Gasteiger partial charge in [-0.15, -0.1) is 0 Å². The van der Waals surface area contributed by atoms with Crippen LogP contribution in [0.4, 0.5) is 0 Å². The van der Waals surface area contributed by atoms with E-state index in [2.05, 4.69) is 0 Å². The predicted octanol–water partition coefficient (Wildman–Crippen LogP) is 1.69. The molecule has 3 unspecified atom stereocenters. The van der Waals surface area contributed by atoms with Crippen LogP contribution in [0.15, 0.2) is 30.3 Å². The van der Waals surface area contributed by atoms with E-state index in [0.29, 0.717) is 6.61 Å². The van der Waals surface area contributed by atoms with Crippen LogP contribution in [0.2, 0.25) is 0 Å². The van der Waals surface area contributed by atoms with Gasteiger partial charge < -0.3 is 15.4 Å². The molecule has 20 heavy (non-hydrogen) atoms. The van der Waals surface area contributed by atoms with Gasteiger partial charge in [-0.05, 0) is 18.9 Å². The third-order valence-electron chi connectivity index (χ3n) is 3.85. The van der Waals surface area contributed by atoms with E-state index in [0.717, 1.165) is 12.0 Å².